The molecule has 0 saturated carbocycles. The Morgan fingerprint density at radius 2 is 2.03 bits per heavy atom. The molecule has 1 fully saturated rings. The number of aryl methyl sites for hydroxylation is 1. The minimum Gasteiger partial charge on any atom is -0.387 e. The molecule has 1 amide bonds. The van der Waals surface area contributed by atoms with E-state index in [4.69, 9.17) is 5.73 Å². The molecule has 2 aromatic rings. The number of benzene rings is 1. The highest BCUT2D eigenvalue weighted by Crippen LogP contribution is 2.42. The molecule has 2 heterocycles. The van der Waals surface area contributed by atoms with Crippen LogP contribution in [-0.2, 0) is 4.79 Å². The Morgan fingerprint density at radius 1 is 1.30 bits per heavy atom. The molecule has 3 atom stereocenters. The average molecular weight is 413 g/mol. The number of carbonyl (C=O) groups is 1. The number of carbonyl (C=O) groups excluding carboxylic acids is 1. The summed E-state index contributed by atoms with van der Waals surface area (Å²) in [6, 6.07) is 4.90. The third kappa shape index (κ3) is 3.65. The topological polar surface area (TPSA) is 95.6 Å². The highest BCUT2D eigenvalue weighted by atomic mass is 19.1. The van der Waals surface area contributed by atoms with E-state index in [-0.39, 0.29) is 24.2 Å². The molecule has 0 unspecified atom stereocenters. The molecule has 160 valence electrons. The van der Waals surface area contributed by atoms with Crippen LogP contribution >= 0.6 is 0 Å². The van der Waals surface area contributed by atoms with Gasteiger partial charge in [0.2, 0.25) is 5.91 Å². The van der Waals surface area contributed by atoms with E-state index in [9.17, 15) is 14.3 Å². The van der Waals surface area contributed by atoms with Gasteiger partial charge in [0.15, 0.2) is 0 Å². The predicted molar refractivity (Wildman–Crippen MR) is 112 cm³/mol. The first kappa shape index (κ1) is 20.7. The Hall–Kier alpha value is -2.58. The number of aliphatic hydroxyl groups is 1. The molecule has 0 radical (unpaired) electrons. The number of anilines is 1. The summed E-state index contributed by atoms with van der Waals surface area (Å²) in [7, 11) is 0. The number of fused-ring (bicyclic) bond motifs is 1. The number of halogens is 1. The number of hydrogen-bond donors (Lipinski definition) is 2. The summed E-state index contributed by atoms with van der Waals surface area (Å²) in [5.41, 5.74) is 8.74. The first-order valence-corrected chi connectivity index (χ1v) is 10.4. The summed E-state index contributed by atoms with van der Waals surface area (Å²) in [4.78, 5) is 25.7. The van der Waals surface area contributed by atoms with Gasteiger partial charge in [-0.05, 0) is 30.9 Å². The Kier molecular flexibility index (Phi) is 5.71. The van der Waals surface area contributed by atoms with Gasteiger partial charge < -0.3 is 20.6 Å². The smallest absolute Gasteiger partial charge is 0.231 e. The first-order chi connectivity index (χ1) is 14.4. The summed E-state index contributed by atoms with van der Waals surface area (Å²) < 4.78 is 14.4. The summed E-state index contributed by atoms with van der Waals surface area (Å²) in [5.74, 6) is -0.179. The summed E-state index contributed by atoms with van der Waals surface area (Å²) in [5, 5.41) is 10.2. The van der Waals surface area contributed by atoms with Crippen LogP contribution in [0.1, 0.15) is 53.7 Å². The van der Waals surface area contributed by atoms with Crippen molar-refractivity contribution in [2.45, 2.75) is 38.2 Å². The van der Waals surface area contributed by atoms with E-state index in [1.54, 1.807) is 17.0 Å². The molecule has 1 aromatic heterocycles. The molecule has 1 aliphatic carbocycles. The van der Waals surface area contributed by atoms with Crippen molar-refractivity contribution in [1.29, 1.82) is 0 Å². The first-order valence-electron chi connectivity index (χ1n) is 10.4. The lowest BCUT2D eigenvalue weighted by atomic mass is 9.95. The standard InChI is InChI=1S/C22H28FN5O2/c1-13-3-4-15(17(23)9-13)16(11-24)22(30)28-7-5-27(6-8-28)21-19-14(2)10-18(29)20(19)25-12-26-21/h3-4,9,12,14,16,18,29H,5-8,10-11,24H2,1-2H3/t14-,16-,18-/m1/s1. The lowest BCUT2D eigenvalue weighted by molar-refractivity contribution is -0.133. The zero-order chi connectivity index (χ0) is 21.4. The maximum absolute atomic E-state index is 14.4. The van der Waals surface area contributed by atoms with Crippen molar-refractivity contribution >= 4 is 11.7 Å². The van der Waals surface area contributed by atoms with Crippen molar-refractivity contribution in [3.8, 4) is 0 Å². The van der Waals surface area contributed by atoms with Crippen molar-refractivity contribution < 1.29 is 14.3 Å². The van der Waals surface area contributed by atoms with Gasteiger partial charge in [-0.15, -0.1) is 0 Å². The Labute approximate surface area is 175 Å². The van der Waals surface area contributed by atoms with Crippen LogP contribution in [0, 0.1) is 12.7 Å². The van der Waals surface area contributed by atoms with Gasteiger partial charge in [-0.25, -0.2) is 14.4 Å². The third-order valence-corrected chi connectivity index (χ3v) is 6.23. The number of amides is 1. The van der Waals surface area contributed by atoms with Crippen LogP contribution in [0.4, 0.5) is 10.2 Å². The molecular formula is C22H28FN5O2. The van der Waals surface area contributed by atoms with Gasteiger partial charge >= 0.3 is 0 Å². The third-order valence-electron chi connectivity index (χ3n) is 6.23. The fraction of sp³-hybridized carbons (Fsp3) is 0.500. The van der Waals surface area contributed by atoms with Crippen LogP contribution in [0.2, 0.25) is 0 Å². The maximum atomic E-state index is 14.4. The summed E-state index contributed by atoms with van der Waals surface area (Å²) in [6.45, 7) is 6.21. The van der Waals surface area contributed by atoms with Crippen molar-refractivity contribution in [3.63, 3.8) is 0 Å². The van der Waals surface area contributed by atoms with Gasteiger partial charge in [-0.1, -0.05) is 19.1 Å². The number of hydrogen-bond acceptors (Lipinski definition) is 6. The molecule has 8 heteroatoms. The van der Waals surface area contributed by atoms with Crippen molar-refractivity contribution in [3.05, 3.63) is 52.7 Å². The lowest BCUT2D eigenvalue weighted by Crippen LogP contribution is -2.51. The second-order valence-electron chi connectivity index (χ2n) is 8.27. The van der Waals surface area contributed by atoms with Crippen molar-refractivity contribution in [2.75, 3.05) is 37.6 Å². The largest absolute Gasteiger partial charge is 0.387 e. The summed E-state index contributed by atoms with van der Waals surface area (Å²) in [6.07, 6.45) is 1.60. The highest BCUT2D eigenvalue weighted by Gasteiger charge is 2.35. The lowest BCUT2D eigenvalue weighted by Gasteiger charge is -2.37. The molecule has 2 aliphatic rings. The Balaban J connectivity index is 1.48. The second-order valence-corrected chi connectivity index (χ2v) is 8.27. The number of aliphatic hydroxyl groups excluding tert-OH is 1. The number of rotatable bonds is 4. The van der Waals surface area contributed by atoms with E-state index in [1.165, 1.54) is 12.4 Å². The van der Waals surface area contributed by atoms with E-state index in [0.29, 0.717) is 43.9 Å². The number of nitrogens with zero attached hydrogens (tertiary/aromatic N) is 4. The maximum Gasteiger partial charge on any atom is 0.231 e. The number of aromatic nitrogens is 2. The van der Waals surface area contributed by atoms with E-state index >= 15 is 0 Å². The van der Waals surface area contributed by atoms with E-state index in [1.807, 2.05) is 6.92 Å². The SMILES string of the molecule is Cc1ccc([C@@H](CN)C(=O)N2CCN(c3ncnc4c3[C@H](C)C[C@H]4O)CC2)c(F)c1. The van der Waals surface area contributed by atoms with E-state index in [0.717, 1.165) is 16.9 Å². The van der Waals surface area contributed by atoms with Crippen LogP contribution < -0.4 is 10.6 Å². The molecule has 7 nitrogen and oxygen atoms in total. The van der Waals surface area contributed by atoms with Gasteiger partial charge in [0.25, 0.3) is 0 Å². The molecule has 0 spiro atoms. The van der Waals surface area contributed by atoms with Crippen LogP contribution in [0.5, 0.6) is 0 Å². The average Bonchev–Trinajstić information content (AvgIpc) is 3.04. The molecule has 3 N–H and O–H groups in total. The molecule has 1 saturated heterocycles. The van der Waals surface area contributed by atoms with Crippen LogP contribution in [0.25, 0.3) is 0 Å². The van der Waals surface area contributed by atoms with Crippen molar-refractivity contribution in [1.82, 2.24) is 14.9 Å². The minimum absolute atomic E-state index is 0.0633. The van der Waals surface area contributed by atoms with Crippen LogP contribution in [-0.4, -0.2) is 58.6 Å². The van der Waals surface area contributed by atoms with E-state index < -0.39 is 12.0 Å². The highest BCUT2D eigenvalue weighted by molar-refractivity contribution is 5.84. The zero-order valence-electron chi connectivity index (χ0n) is 17.4. The molecule has 30 heavy (non-hydrogen) atoms. The van der Waals surface area contributed by atoms with Gasteiger partial charge in [0, 0.05) is 43.9 Å². The van der Waals surface area contributed by atoms with Crippen LogP contribution in [0.15, 0.2) is 24.5 Å². The van der Waals surface area contributed by atoms with Gasteiger partial charge in [0.05, 0.1) is 17.7 Å². The molecule has 1 aliphatic heterocycles. The molecule has 1 aromatic carbocycles. The number of nitrogens with two attached hydrogens (primary N) is 1. The quantitative estimate of drug-likeness (QED) is 0.794. The van der Waals surface area contributed by atoms with Crippen molar-refractivity contribution in [2.24, 2.45) is 5.73 Å². The van der Waals surface area contributed by atoms with Gasteiger partial charge in [0.1, 0.15) is 18.0 Å². The Bertz CT molecular complexity index is 945. The van der Waals surface area contributed by atoms with Crippen LogP contribution in [0.3, 0.4) is 0 Å². The molecule has 0 bridgehead atoms. The molecule has 4 rings (SSSR count). The monoisotopic (exact) mass is 413 g/mol. The number of piperazine rings is 1. The fourth-order valence-corrected chi connectivity index (χ4v) is 4.59. The summed E-state index contributed by atoms with van der Waals surface area (Å²) >= 11 is 0. The second kappa shape index (κ2) is 8.28. The van der Waals surface area contributed by atoms with Gasteiger partial charge in [-0.2, -0.15) is 0 Å². The zero-order valence-corrected chi connectivity index (χ0v) is 17.4. The minimum atomic E-state index is -0.685. The van der Waals surface area contributed by atoms with E-state index in [2.05, 4.69) is 21.8 Å². The fourth-order valence-electron chi connectivity index (χ4n) is 4.59. The molecular weight excluding hydrogens is 385 g/mol. The normalized spacial score (nSPS) is 22.2. The van der Waals surface area contributed by atoms with Gasteiger partial charge in [-0.3, -0.25) is 4.79 Å². The predicted octanol–water partition coefficient (Wildman–Crippen LogP) is 1.86. The Morgan fingerprint density at radius 3 is 2.70 bits per heavy atom.